The van der Waals surface area contributed by atoms with Gasteiger partial charge in [-0.15, -0.1) is 0 Å². The summed E-state index contributed by atoms with van der Waals surface area (Å²) in [5, 5.41) is 2.78. The average molecular weight is 242 g/mol. The smallest absolute Gasteiger partial charge is 0.255 e. The van der Waals surface area contributed by atoms with Gasteiger partial charge in [-0.3, -0.25) is 9.78 Å². The van der Waals surface area contributed by atoms with E-state index < -0.39 is 0 Å². The van der Waals surface area contributed by atoms with Gasteiger partial charge in [0.1, 0.15) is 5.75 Å². The molecule has 0 atom stereocenters. The van der Waals surface area contributed by atoms with Crippen molar-refractivity contribution < 1.29 is 9.53 Å². The summed E-state index contributed by atoms with van der Waals surface area (Å²) in [4.78, 5) is 15.9. The maximum atomic E-state index is 12.0. The van der Waals surface area contributed by atoms with Crippen molar-refractivity contribution in [1.82, 2.24) is 4.98 Å². The molecule has 2 rings (SSSR count). The number of nitrogens with zero attached hydrogens (tertiary/aromatic N) is 1. The molecule has 0 saturated carbocycles. The Balaban J connectivity index is 2.17. The fourth-order valence-electron chi connectivity index (χ4n) is 1.66. The van der Waals surface area contributed by atoms with Crippen molar-refractivity contribution in [2.24, 2.45) is 0 Å². The minimum atomic E-state index is -0.159. The first-order valence-electron chi connectivity index (χ1n) is 5.56. The van der Waals surface area contributed by atoms with E-state index in [1.165, 1.54) is 0 Å². The maximum absolute atomic E-state index is 12.0. The van der Waals surface area contributed by atoms with Gasteiger partial charge in [0.05, 0.1) is 19.0 Å². The molecular formula is C14H14N2O2. The number of nitrogens with one attached hydrogen (secondary N) is 1. The number of aryl methyl sites for hydroxylation is 1. The predicted molar refractivity (Wildman–Crippen MR) is 69.9 cm³/mol. The number of methoxy groups -OCH3 is 1. The number of carbonyl (C=O) groups excluding carboxylic acids is 1. The third-order valence-electron chi connectivity index (χ3n) is 2.58. The second-order valence-corrected chi connectivity index (χ2v) is 3.88. The van der Waals surface area contributed by atoms with Gasteiger partial charge in [0.25, 0.3) is 5.91 Å². The number of aromatic nitrogens is 1. The van der Waals surface area contributed by atoms with E-state index in [4.69, 9.17) is 4.74 Å². The van der Waals surface area contributed by atoms with Crippen molar-refractivity contribution in [1.29, 1.82) is 0 Å². The molecule has 0 aliphatic rings. The van der Waals surface area contributed by atoms with Crippen molar-refractivity contribution >= 4 is 11.6 Å². The highest BCUT2D eigenvalue weighted by Gasteiger charge is 2.08. The van der Waals surface area contributed by atoms with Crippen molar-refractivity contribution in [2.45, 2.75) is 6.92 Å². The van der Waals surface area contributed by atoms with E-state index in [9.17, 15) is 4.79 Å². The SMILES string of the molecule is COc1ccc(C(=O)Nc2cccnc2)cc1C. The van der Waals surface area contributed by atoms with Gasteiger partial charge in [0.2, 0.25) is 0 Å². The lowest BCUT2D eigenvalue weighted by Gasteiger charge is -2.08. The predicted octanol–water partition coefficient (Wildman–Crippen LogP) is 2.65. The van der Waals surface area contributed by atoms with Gasteiger partial charge < -0.3 is 10.1 Å². The van der Waals surface area contributed by atoms with Crippen LogP contribution in [-0.4, -0.2) is 18.0 Å². The molecule has 0 spiro atoms. The van der Waals surface area contributed by atoms with Crippen LogP contribution >= 0.6 is 0 Å². The van der Waals surface area contributed by atoms with Crippen LogP contribution in [0.15, 0.2) is 42.7 Å². The molecule has 0 aliphatic heterocycles. The summed E-state index contributed by atoms with van der Waals surface area (Å²) < 4.78 is 5.16. The Bertz CT molecular complexity index is 553. The van der Waals surface area contributed by atoms with Gasteiger partial charge in [-0.05, 0) is 42.8 Å². The molecular weight excluding hydrogens is 228 g/mol. The average Bonchev–Trinajstić information content (AvgIpc) is 2.39. The van der Waals surface area contributed by atoms with Crippen LogP contribution in [-0.2, 0) is 0 Å². The summed E-state index contributed by atoms with van der Waals surface area (Å²) in [6.07, 6.45) is 3.27. The van der Waals surface area contributed by atoms with Crippen molar-refractivity contribution in [3.63, 3.8) is 0 Å². The Morgan fingerprint density at radius 2 is 2.17 bits per heavy atom. The fourth-order valence-corrected chi connectivity index (χ4v) is 1.66. The topological polar surface area (TPSA) is 51.2 Å². The van der Waals surface area contributed by atoms with E-state index in [1.807, 2.05) is 6.92 Å². The first kappa shape index (κ1) is 12.1. The van der Waals surface area contributed by atoms with Crippen LogP contribution in [0, 0.1) is 6.92 Å². The number of rotatable bonds is 3. The normalized spacial score (nSPS) is 9.89. The molecule has 0 bridgehead atoms. The number of ether oxygens (including phenoxy) is 1. The van der Waals surface area contributed by atoms with Crippen molar-refractivity contribution in [3.05, 3.63) is 53.9 Å². The van der Waals surface area contributed by atoms with Gasteiger partial charge in [-0.25, -0.2) is 0 Å². The zero-order chi connectivity index (χ0) is 13.0. The number of amides is 1. The van der Waals surface area contributed by atoms with Gasteiger partial charge in [-0.2, -0.15) is 0 Å². The Morgan fingerprint density at radius 3 is 2.78 bits per heavy atom. The highest BCUT2D eigenvalue weighted by molar-refractivity contribution is 6.04. The van der Waals surface area contributed by atoms with Gasteiger partial charge in [-0.1, -0.05) is 0 Å². The van der Waals surface area contributed by atoms with Crippen LogP contribution in [0.25, 0.3) is 0 Å². The molecule has 0 radical (unpaired) electrons. The summed E-state index contributed by atoms with van der Waals surface area (Å²) >= 11 is 0. The van der Waals surface area contributed by atoms with Crippen molar-refractivity contribution in [2.75, 3.05) is 12.4 Å². The third kappa shape index (κ3) is 2.66. The summed E-state index contributed by atoms with van der Waals surface area (Å²) in [7, 11) is 1.61. The molecule has 18 heavy (non-hydrogen) atoms. The second kappa shape index (κ2) is 5.31. The largest absolute Gasteiger partial charge is 0.496 e. The number of hydrogen-bond donors (Lipinski definition) is 1. The quantitative estimate of drug-likeness (QED) is 0.900. The van der Waals surface area contributed by atoms with E-state index >= 15 is 0 Å². The molecule has 0 saturated heterocycles. The van der Waals surface area contributed by atoms with E-state index in [0.717, 1.165) is 11.3 Å². The van der Waals surface area contributed by atoms with Crippen LogP contribution in [0.3, 0.4) is 0 Å². The summed E-state index contributed by atoms with van der Waals surface area (Å²) in [5.74, 6) is 0.613. The highest BCUT2D eigenvalue weighted by atomic mass is 16.5. The maximum Gasteiger partial charge on any atom is 0.255 e. The van der Waals surface area contributed by atoms with Gasteiger partial charge >= 0.3 is 0 Å². The third-order valence-corrected chi connectivity index (χ3v) is 2.58. The molecule has 1 aromatic heterocycles. The van der Waals surface area contributed by atoms with Crippen LogP contribution in [0.5, 0.6) is 5.75 Å². The number of hydrogen-bond acceptors (Lipinski definition) is 3. The molecule has 0 aliphatic carbocycles. The lowest BCUT2D eigenvalue weighted by molar-refractivity contribution is 0.102. The number of benzene rings is 1. The Morgan fingerprint density at radius 1 is 1.33 bits per heavy atom. The molecule has 4 heteroatoms. The van der Waals surface area contributed by atoms with Crippen LogP contribution in [0.2, 0.25) is 0 Å². The number of pyridine rings is 1. The van der Waals surface area contributed by atoms with Gasteiger partial charge in [0.15, 0.2) is 0 Å². The molecule has 2 aromatic rings. The van der Waals surface area contributed by atoms with E-state index in [-0.39, 0.29) is 5.91 Å². The summed E-state index contributed by atoms with van der Waals surface area (Å²) in [6, 6.07) is 8.88. The zero-order valence-electron chi connectivity index (χ0n) is 10.3. The second-order valence-electron chi connectivity index (χ2n) is 3.88. The first-order chi connectivity index (χ1) is 8.70. The highest BCUT2D eigenvalue weighted by Crippen LogP contribution is 2.19. The lowest BCUT2D eigenvalue weighted by atomic mass is 10.1. The molecule has 4 nitrogen and oxygen atoms in total. The zero-order valence-corrected chi connectivity index (χ0v) is 10.3. The summed E-state index contributed by atoms with van der Waals surface area (Å²) in [6.45, 7) is 1.90. The van der Waals surface area contributed by atoms with Gasteiger partial charge in [0, 0.05) is 11.8 Å². The fraction of sp³-hybridized carbons (Fsp3) is 0.143. The molecule has 92 valence electrons. The first-order valence-corrected chi connectivity index (χ1v) is 5.56. The molecule has 0 fully saturated rings. The van der Waals surface area contributed by atoms with E-state index in [1.54, 1.807) is 49.8 Å². The van der Waals surface area contributed by atoms with Crippen LogP contribution in [0.1, 0.15) is 15.9 Å². The van der Waals surface area contributed by atoms with Crippen LogP contribution in [0.4, 0.5) is 5.69 Å². The number of anilines is 1. The lowest BCUT2D eigenvalue weighted by Crippen LogP contribution is -2.12. The summed E-state index contributed by atoms with van der Waals surface area (Å²) in [5.41, 5.74) is 2.20. The Hall–Kier alpha value is -2.36. The van der Waals surface area contributed by atoms with E-state index in [0.29, 0.717) is 11.3 Å². The molecule has 1 aromatic carbocycles. The number of carbonyl (C=O) groups is 1. The van der Waals surface area contributed by atoms with E-state index in [2.05, 4.69) is 10.3 Å². The standard InChI is InChI=1S/C14H14N2O2/c1-10-8-11(5-6-13(10)18-2)14(17)16-12-4-3-7-15-9-12/h3-9H,1-2H3,(H,16,17). The minimum Gasteiger partial charge on any atom is -0.496 e. The van der Waals surface area contributed by atoms with Crippen LogP contribution < -0.4 is 10.1 Å². The molecule has 1 amide bonds. The molecule has 0 unspecified atom stereocenters. The Kier molecular flexibility index (Phi) is 3.57. The molecule has 1 heterocycles. The Labute approximate surface area is 106 Å². The monoisotopic (exact) mass is 242 g/mol. The molecule has 1 N–H and O–H groups in total. The minimum absolute atomic E-state index is 0.159. The van der Waals surface area contributed by atoms with Crippen molar-refractivity contribution in [3.8, 4) is 5.75 Å².